The Labute approximate surface area is 164 Å². The van der Waals surface area contributed by atoms with Gasteiger partial charge in [-0.1, -0.05) is 19.9 Å². The minimum atomic E-state index is -0.596. The van der Waals surface area contributed by atoms with Crippen molar-refractivity contribution in [3.05, 3.63) is 41.6 Å². The first kappa shape index (κ1) is 21.3. The van der Waals surface area contributed by atoms with Crippen molar-refractivity contribution in [2.45, 2.75) is 26.8 Å². The number of esters is 1. The van der Waals surface area contributed by atoms with Gasteiger partial charge in [0, 0.05) is 6.54 Å². The lowest BCUT2D eigenvalue weighted by molar-refractivity contribution is 0.0593. The van der Waals surface area contributed by atoms with E-state index in [9.17, 15) is 9.59 Å². The Balaban J connectivity index is 2.34. The smallest absolute Gasteiger partial charge is 0.360 e. The van der Waals surface area contributed by atoms with E-state index in [2.05, 4.69) is 23.6 Å². The Bertz CT molecular complexity index is 793. The summed E-state index contributed by atoms with van der Waals surface area (Å²) in [4.78, 5) is 30.6. The lowest BCUT2D eigenvalue weighted by Gasteiger charge is -2.24. The quantitative estimate of drug-likeness (QED) is 0.607. The third-order valence-electron chi connectivity index (χ3n) is 4.18. The zero-order valence-corrected chi connectivity index (χ0v) is 16.9. The predicted molar refractivity (Wildman–Crippen MR) is 102 cm³/mol. The van der Waals surface area contributed by atoms with Gasteiger partial charge in [-0.3, -0.25) is 4.79 Å². The zero-order valence-electron chi connectivity index (χ0n) is 16.9. The molecule has 152 valence electrons. The molecular formula is C20H26N2O6. The van der Waals surface area contributed by atoms with E-state index in [0.29, 0.717) is 29.5 Å². The third-order valence-corrected chi connectivity index (χ3v) is 4.18. The molecule has 0 bridgehead atoms. The normalized spacial score (nSPS) is 10.6. The second-order valence-electron chi connectivity index (χ2n) is 6.56. The molecule has 28 heavy (non-hydrogen) atoms. The first-order valence-corrected chi connectivity index (χ1v) is 8.94. The molecule has 0 aliphatic heterocycles. The number of nitrogens with zero attached hydrogens (tertiary/aromatic N) is 2. The summed E-state index contributed by atoms with van der Waals surface area (Å²) in [7, 11) is 4.27. The molecule has 8 nitrogen and oxygen atoms in total. The molecule has 2 rings (SSSR count). The number of aromatic nitrogens is 1. The van der Waals surface area contributed by atoms with E-state index >= 15 is 0 Å². The number of carbonyl (C=O) groups is 2. The van der Waals surface area contributed by atoms with E-state index in [1.807, 2.05) is 0 Å². The average molecular weight is 390 g/mol. The Morgan fingerprint density at radius 2 is 1.79 bits per heavy atom. The number of carbonyl (C=O) groups excluding carboxylic acids is 2. The van der Waals surface area contributed by atoms with Gasteiger partial charge in [0.1, 0.15) is 23.3 Å². The molecule has 0 N–H and O–H groups in total. The topological polar surface area (TPSA) is 91.1 Å². The minimum absolute atomic E-state index is 0.0589. The van der Waals surface area contributed by atoms with Crippen LogP contribution < -0.4 is 9.47 Å². The SMILES string of the molecule is COC(=O)c1coc(CN(CCC(C)C)C(=O)c2c(OC)cccc2OC)n1. The molecule has 0 aliphatic rings. The van der Waals surface area contributed by atoms with Gasteiger partial charge >= 0.3 is 5.97 Å². The molecule has 1 aromatic carbocycles. The average Bonchev–Trinajstić information content (AvgIpc) is 3.17. The van der Waals surface area contributed by atoms with Crippen molar-refractivity contribution < 1.29 is 28.2 Å². The fraction of sp³-hybridized carbons (Fsp3) is 0.450. The molecular weight excluding hydrogens is 364 g/mol. The van der Waals surface area contributed by atoms with Crippen LogP contribution in [0.25, 0.3) is 0 Å². The maximum Gasteiger partial charge on any atom is 0.360 e. The molecule has 8 heteroatoms. The second-order valence-corrected chi connectivity index (χ2v) is 6.56. The number of amides is 1. The fourth-order valence-electron chi connectivity index (χ4n) is 2.63. The zero-order chi connectivity index (χ0) is 20.7. The number of hydrogen-bond acceptors (Lipinski definition) is 7. The molecule has 0 spiro atoms. The molecule has 1 heterocycles. The summed E-state index contributed by atoms with van der Waals surface area (Å²) in [6, 6.07) is 5.16. The lowest BCUT2D eigenvalue weighted by Crippen LogP contribution is -2.33. The minimum Gasteiger partial charge on any atom is -0.496 e. The maximum absolute atomic E-state index is 13.3. The van der Waals surface area contributed by atoms with Gasteiger partial charge in [0.05, 0.1) is 27.9 Å². The molecule has 1 amide bonds. The third kappa shape index (κ3) is 5.03. The molecule has 0 radical (unpaired) electrons. The molecule has 2 aromatic rings. The maximum atomic E-state index is 13.3. The Morgan fingerprint density at radius 1 is 1.14 bits per heavy atom. The van der Waals surface area contributed by atoms with Gasteiger partial charge in [-0.05, 0) is 24.5 Å². The van der Waals surface area contributed by atoms with Crippen LogP contribution in [-0.2, 0) is 11.3 Å². The molecule has 0 saturated heterocycles. The highest BCUT2D eigenvalue weighted by Crippen LogP contribution is 2.30. The van der Waals surface area contributed by atoms with Crippen LogP contribution in [0.5, 0.6) is 11.5 Å². The van der Waals surface area contributed by atoms with Crippen molar-refractivity contribution in [3.8, 4) is 11.5 Å². The van der Waals surface area contributed by atoms with Gasteiger partial charge < -0.3 is 23.5 Å². The van der Waals surface area contributed by atoms with E-state index in [1.165, 1.54) is 27.6 Å². The van der Waals surface area contributed by atoms with Gasteiger partial charge in [0.15, 0.2) is 5.69 Å². The monoisotopic (exact) mass is 390 g/mol. The number of oxazole rings is 1. The van der Waals surface area contributed by atoms with Crippen LogP contribution in [0.15, 0.2) is 28.9 Å². The summed E-state index contributed by atoms with van der Waals surface area (Å²) in [5.74, 6) is 0.605. The van der Waals surface area contributed by atoms with Gasteiger partial charge in [0.25, 0.3) is 5.91 Å². The van der Waals surface area contributed by atoms with Crippen molar-refractivity contribution in [3.63, 3.8) is 0 Å². The summed E-state index contributed by atoms with van der Waals surface area (Å²) >= 11 is 0. The van der Waals surface area contributed by atoms with Crippen molar-refractivity contribution in [1.82, 2.24) is 9.88 Å². The van der Waals surface area contributed by atoms with Crippen molar-refractivity contribution >= 4 is 11.9 Å². The molecule has 0 atom stereocenters. The fourth-order valence-corrected chi connectivity index (χ4v) is 2.63. The van der Waals surface area contributed by atoms with Gasteiger partial charge in [-0.2, -0.15) is 0 Å². The number of hydrogen-bond donors (Lipinski definition) is 0. The molecule has 1 aromatic heterocycles. The van der Waals surface area contributed by atoms with Gasteiger partial charge in [-0.25, -0.2) is 9.78 Å². The van der Waals surface area contributed by atoms with Crippen LogP contribution in [-0.4, -0.2) is 49.6 Å². The largest absolute Gasteiger partial charge is 0.496 e. The predicted octanol–water partition coefficient (Wildman–Crippen LogP) is 3.17. The van der Waals surface area contributed by atoms with Crippen LogP contribution in [0.3, 0.4) is 0 Å². The molecule has 0 saturated carbocycles. The van der Waals surface area contributed by atoms with Crippen molar-refractivity contribution in [1.29, 1.82) is 0 Å². The summed E-state index contributed by atoms with van der Waals surface area (Å²) in [5, 5.41) is 0. The van der Waals surface area contributed by atoms with Crippen LogP contribution in [0.4, 0.5) is 0 Å². The highest BCUT2D eigenvalue weighted by atomic mass is 16.5. The van der Waals surface area contributed by atoms with Crippen LogP contribution >= 0.6 is 0 Å². The number of benzene rings is 1. The van der Waals surface area contributed by atoms with Crippen LogP contribution in [0, 0.1) is 5.92 Å². The Morgan fingerprint density at radius 3 is 2.32 bits per heavy atom. The summed E-state index contributed by atoms with van der Waals surface area (Å²) in [6.07, 6.45) is 2.00. The first-order chi connectivity index (χ1) is 13.4. The number of rotatable bonds is 9. The summed E-state index contributed by atoms with van der Waals surface area (Å²) < 4.78 is 20.7. The van der Waals surface area contributed by atoms with Gasteiger partial charge in [-0.15, -0.1) is 0 Å². The van der Waals surface area contributed by atoms with Crippen molar-refractivity contribution in [2.24, 2.45) is 5.92 Å². The van der Waals surface area contributed by atoms with Crippen molar-refractivity contribution in [2.75, 3.05) is 27.9 Å². The van der Waals surface area contributed by atoms with Crippen LogP contribution in [0.1, 0.15) is 47.0 Å². The Hall–Kier alpha value is -3.03. The molecule has 0 unspecified atom stereocenters. The van der Waals surface area contributed by atoms with Gasteiger partial charge in [0.2, 0.25) is 5.89 Å². The summed E-state index contributed by atoms with van der Waals surface area (Å²) in [5.41, 5.74) is 0.389. The van der Waals surface area contributed by atoms with E-state index in [4.69, 9.17) is 13.9 Å². The first-order valence-electron chi connectivity index (χ1n) is 8.94. The highest BCUT2D eigenvalue weighted by molar-refractivity contribution is 5.99. The van der Waals surface area contributed by atoms with Crippen LogP contribution in [0.2, 0.25) is 0 Å². The Kier molecular flexibility index (Phi) is 7.43. The van der Waals surface area contributed by atoms with E-state index in [1.54, 1.807) is 23.1 Å². The van der Waals surface area contributed by atoms with E-state index < -0.39 is 5.97 Å². The number of ether oxygens (including phenoxy) is 3. The molecule has 0 aliphatic carbocycles. The lowest BCUT2D eigenvalue weighted by atomic mass is 10.1. The van der Waals surface area contributed by atoms with E-state index in [0.717, 1.165) is 6.42 Å². The summed E-state index contributed by atoms with van der Waals surface area (Å²) in [6.45, 7) is 4.73. The second kappa shape index (κ2) is 9.77. The standard InChI is InChI=1S/C20H26N2O6/c1-13(2)9-10-22(11-17-21-14(12-28-17)20(24)27-5)19(23)18-15(25-3)7-6-8-16(18)26-4/h6-8,12-13H,9-11H2,1-5H3. The highest BCUT2D eigenvalue weighted by Gasteiger charge is 2.26. The van der Waals surface area contributed by atoms with E-state index in [-0.39, 0.29) is 24.0 Å². The number of methoxy groups -OCH3 is 3. The molecule has 0 fully saturated rings.